The van der Waals surface area contributed by atoms with E-state index in [2.05, 4.69) is 0 Å². The van der Waals surface area contributed by atoms with Gasteiger partial charge in [0, 0.05) is 27.2 Å². The molecule has 0 aliphatic heterocycles. The average molecular weight is 300 g/mol. The molecule has 0 N–H and O–H groups in total. The number of carbonyl (C=O) groups is 4. The van der Waals surface area contributed by atoms with Crippen LogP contribution in [0, 0.1) is 0 Å². The highest BCUT2D eigenvalue weighted by molar-refractivity contribution is 5.68. The van der Waals surface area contributed by atoms with Crippen molar-refractivity contribution in [1.29, 1.82) is 0 Å². The zero-order valence-electron chi connectivity index (χ0n) is 12.5. The summed E-state index contributed by atoms with van der Waals surface area (Å²) in [7, 11) is 0. The summed E-state index contributed by atoms with van der Waals surface area (Å²) < 4.78 is 15.2. The molecule has 0 aliphatic carbocycles. The first-order chi connectivity index (χ1) is 9.77. The van der Waals surface area contributed by atoms with E-state index in [0.29, 0.717) is 6.29 Å². The van der Waals surface area contributed by atoms with Crippen molar-refractivity contribution in [2.75, 3.05) is 0 Å². The zero-order valence-corrected chi connectivity index (χ0v) is 12.5. The molecular formula is C14H20O7. The number of hydrogen-bond donors (Lipinski definition) is 0. The molecule has 21 heavy (non-hydrogen) atoms. The van der Waals surface area contributed by atoms with Gasteiger partial charge in [0.15, 0.2) is 6.10 Å². The van der Waals surface area contributed by atoms with Crippen LogP contribution < -0.4 is 0 Å². The summed E-state index contributed by atoms with van der Waals surface area (Å²) in [6.45, 7) is 5.14. The Hall–Kier alpha value is -2.18. The molecule has 118 valence electrons. The standard InChI is InChI=1S/C14H20O7/c1-9(19-10(2)16)14(21-12(4)18)13(20-11(3)17)7-5-6-8-15/h5-6,8-9,13-14H,7H2,1-4H3/b6-5+/t9-,13-,14-/m1/s1. The van der Waals surface area contributed by atoms with E-state index in [4.69, 9.17) is 14.2 Å². The molecule has 0 fully saturated rings. The number of carbonyl (C=O) groups excluding carboxylic acids is 4. The van der Waals surface area contributed by atoms with Gasteiger partial charge in [-0.25, -0.2) is 0 Å². The predicted molar refractivity (Wildman–Crippen MR) is 72.2 cm³/mol. The Balaban J connectivity index is 5.16. The second-order valence-corrected chi connectivity index (χ2v) is 4.34. The summed E-state index contributed by atoms with van der Waals surface area (Å²) in [6.07, 6.45) is 0.780. The topological polar surface area (TPSA) is 96.0 Å². The minimum absolute atomic E-state index is 0.141. The molecule has 7 nitrogen and oxygen atoms in total. The monoisotopic (exact) mass is 300 g/mol. The first-order valence-corrected chi connectivity index (χ1v) is 6.39. The summed E-state index contributed by atoms with van der Waals surface area (Å²) in [4.78, 5) is 43.7. The van der Waals surface area contributed by atoms with E-state index in [0.717, 1.165) is 0 Å². The van der Waals surface area contributed by atoms with Crippen LogP contribution in [0.2, 0.25) is 0 Å². The van der Waals surface area contributed by atoms with Gasteiger partial charge in [0.1, 0.15) is 18.5 Å². The van der Waals surface area contributed by atoms with Crippen molar-refractivity contribution in [3.63, 3.8) is 0 Å². The fourth-order valence-electron chi connectivity index (χ4n) is 1.73. The van der Waals surface area contributed by atoms with Gasteiger partial charge in [-0.15, -0.1) is 0 Å². The van der Waals surface area contributed by atoms with E-state index < -0.39 is 36.2 Å². The quantitative estimate of drug-likeness (QED) is 0.285. The summed E-state index contributed by atoms with van der Waals surface area (Å²) in [5.41, 5.74) is 0. The SMILES string of the molecule is CC(=O)O[C@H]([C@@H](C)OC(C)=O)[C@@H](C/C=C/C=O)OC(C)=O. The maximum absolute atomic E-state index is 11.2. The molecule has 0 saturated heterocycles. The van der Waals surface area contributed by atoms with Gasteiger partial charge in [0.05, 0.1) is 0 Å². The minimum Gasteiger partial charge on any atom is -0.459 e. The Bertz CT molecular complexity index is 414. The van der Waals surface area contributed by atoms with Crippen LogP contribution in [0.25, 0.3) is 0 Å². The molecule has 0 spiro atoms. The maximum atomic E-state index is 11.2. The smallest absolute Gasteiger partial charge is 0.303 e. The van der Waals surface area contributed by atoms with Crippen molar-refractivity contribution >= 4 is 24.2 Å². The van der Waals surface area contributed by atoms with Crippen LogP contribution >= 0.6 is 0 Å². The number of esters is 3. The van der Waals surface area contributed by atoms with Crippen molar-refractivity contribution in [2.24, 2.45) is 0 Å². The van der Waals surface area contributed by atoms with Gasteiger partial charge in [-0.05, 0) is 13.0 Å². The van der Waals surface area contributed by atoms with E-state index in [1.54, 1.807) is 0 Å². The minimum atomic E-state index is -0.966. The van der Waals surface area contributed by atoms with E-state index in [1.807, 2.05) is 0 Å². The lowest BCUT2D eigenvalue weighted by atomic mass is 10.1. The lowest BCUT2D eigenvalue weighted by Gasteiger charge is -2.29. The predicted octanol–water partition coefficient (Wildman–Crippen LogP) is 0.947. The Morgan fingerprint density at radius 3 is 1.90 bits per heavy atom. The van der Waals surface area contributed by atoms with Gasteiger partial charge in [-0.3, -0.25) is 19.2 Å². The van der Waals surface area contributed by atoms with Crippen molar-refractivity contribution in [3.05, 3.63) is 12.2 Å². The van der Waals surface area contributed by atoms with Gasteiger partial charge in [-0.1, -0.05) is 6.08 Å². The Morgan fingerprint density at radius 1 is 0.952 bits per heavy atom. The molecule has 0 bridgehead atoms. The molecule has 0 aliphatic rings. The molecule has 0 saturated carbocycles. The second kappa shape index (κ2) is 9.68. The molecule has 0 aromatic carbocycles. The highest BCUT2D eigenvalue weighted by atomic mass is 16.6. The first kappa shape index (κ1) is 18.8. The molecule has 0 aromatic rings. The third-order valence-corrected chi connectivity index (χ3v) is 2.38. The molecule has 0 aromatic heterocycles. The van der Waals surface area contributed by atoms with Crippen LogP contribution in [0.5, 0.6) is 0 Å². The summed E-state index contributed by atoms with van der Waals surface area (Å²) >= 11 is 0. The normalized spacial score (nSPS) is 14.9. The number of aldehydes is 1. The van der Waals surface area contributed by atoms with Gasteiger partial charge >= 0.3 is 17.9 Å². The summed E-state index contributed by atoms with van der Waals surface area (Å²) in [5, 5.41) is 0. The summed E-state index contributed by atoms with van der Waals surface area (Å²) in [5.74, 6) is -1.73. The van der Waals surface area contributed by atoms with Crippen LogP contribution in [0.1, 0.15) is 34.1 Å². The molecule has 0 unspecified atom stereocenters. The van der Waals surface area contributed by atoms with Gasteiger partial charge in [-0.2, -0.15) is 0 Å². The van der Waals surface area contributed by atoms with E-state index >= 15 is 0 Å². The van der Waals surface area contributed by atoms with Crippen LogP contribution in [0.3, 0.4) is 0 Å². The zero-order chi connectivity index (χ0) is 16.4. The van der Waals surface area contributed by atoms with Crippen molar-refractivity contribution in [3.8, 4) is 0 Å². The maximum Gasteiger partial charge on any atom is 0.303 e. The van der Waals surface area contributed by atoms with E-state index in [1.165, 1.54) is 39.8 Å². The molecule has 0 radical (unpaired) electrons. The second-order valence-electron chi connectivity index (χ2n) is 4.34. The Labute approximate surface area is 123 Å². The Kier molecular flexibility index (Phi) is 8.68. The van der Waals surface area contributed by atoms with Crippen LogP contribution in [-0.4, -0.2) is 42.5 Å². The molecule has 0 rings (SSSR count). The van der Waals surface area contributed by atoms with Gasteiger partial charge in [0.25, 0.3) is 0 Å². The summed E-state index contributed by atoms with van der Waals surface area (Å²) in [6, 6.07) is 0. The van der Waals surface area contributed by atoms with Gasteiger partial charge in [0.2, 0.25) is 0 Å². The third kappa shape index (κ3) is 8.56. The van der Waals surface area contributed by atoms with Crippen molar-refractivity contribution in [1.82, 2.24) is 0 Å². The largest absolute Gasteiger partial charge is 0.459 e. The number of hydrogen-bond acceptors (Lipinski definition) is 7. The lowest BCUT2D eigenvalue weighted by molar-refractivity contribution is -0.180. The van der Waals surface area contributed by atoms with Crippen LogP contribution in [0.15, 0.2) is 12.2 Å². The fraction of sp³-hybridized carbons (Fsp3) is 0.571. The highest BCUT2D eigenvalue weighted by Crippen LogP contribution is 2.17. The molecule has 0 heterocycles. The van der Waals surface area contributed by atoms with Gasteiger partial charge < -0.3 is 14.2 Å². The highest BCUT2D eigenvalue weighted by Gasteiger charge is 2.33. The number of rotatable bonds is 8. The van der Waals surface area contributed by atoms with Crippen molar-refractivity contribution < 1.29 is 33.4 Å². The molecular weight excluding hydrogens is 280 g/mol. The average Bonchev–Trinajstić information content (AvgIpc) is 2.33. The van der Waals surface area contributed by atoms with E-state index in [9.17, 15) is 19.2 Å². The van der Waals surface area contributed by atoms with Crippen LogP contribution in [0.4, 0.5) is 0 Å². The molecule has 3 atom stereocenters. The molecule has 0 amide bonds. The van der Waals surface area contributed by atoms with Crippen LogP contribution in [-0.2, 0) is 33.4 Å². The van der Waals surface area contributed by atoms with Crippen molar-refractivity contribution in [2.45, 2.75) is 52.4 Å². The lowest BCUT2D eigenvalue weighted by Crippen LogP contribution is -2.43. The number of ether oxygens (including phenoxy) is 3. The molecule has 7 heteroatoms. The fourth-order valence-corrected chi connectivity index (χ4v) is 1.73. The Morgan fingerprint density at radius 2 is 1.48 bits per heavy atom. The van der Waals surface area contributed by atoms with E-state index in [-0.39, 0.29) is 6.42 Å². The first-order valence-electron chi connectivity index (χ1n) is 6.39. The number of allylic oxidation sites excluding steroid dienone is 1. The third-order valence-electron chi connectivity index (χ3n) is 2.38.